The Balaban J connectivity index is 2.01. The first kappa shape index (κ1) is 16.3. The van der Waals surface area contributed by atoms with Gasteiger partial charge >= 0.3 is 0 Å². The van der Waals surface area contributed by atoms with Gasteiger partial charge in [-0.3, -0.25) is 0 Å². The van der Waals surface area contributed by atoms with E-state index in [-0.39, 0.29) is 17.2 Å². The van der Waals surface area contributed by atoms with Crippen LogP contribution in [-0.4, -0.2) is 41.8 Å². The van der Waals surface area contributed by atoms with Gasteiger partial charge in [0.05, 0.1) is 11.2 Å². The van der Waals surface area contributed by atoms with E-state index in [0.29, 0.717) is 11.3 Å². The Morgan fingerprint density at radius 2 is 1.75 bits per heavy atom. The molecule has 3 nitrogen and oxygen atoms in total. The normalized spacial score (nSPS) is 37.5. The van der Waals surface area contributed by atoms with Crippen molar-refractivity contribution in [3.63, 3.8) is 0 Å². The van der Waals surface area contributed by atoms with Gasteiger partial charge < -0.3 is 15.4 Å². The van der Waals surface area contributed by atoms with Crippen LogP contribution < -0.4 is 5.73 Å². The van der Waals surface area contributed by atoms with E-state index in [1.54, 1.807) is 0 Å². The molecule has 0 amide bonds. The highest BCUT2D eigenvalue weighted by Crippen LogP contribution is 2.42. The van der Waals surface area contributed by atoms with Crippen LogP contribution in [0.2, 0.25) is 0 Å². The summed E-state index contributed by atoms with van der Waals surface area (Å²) in [6, 6.07) is 0.117. The average Bonchev–Trinajstić information content (AvgIpc) is 2.75. The van der Waals surface area contributed by atoms with E-state index in [9.17, 15) is 0 Å². The summed E-state index contributed by atoms with van der Waals surface area (Å²) < 4.78 is 6.21. The molecule has 2 heterocycles. The molecule has 3 atom stereocenters. The molecule has 0 aromatic carbocycles. The van der Waals surface area contributed by atoms with Gasteiger partial charge in [-0.1, -0.05) is 20.8 Å². The van der Waals surface area contributed by atoms with E-state index in [1.165, 1.54) is 19.5 Å². The fraction of sp³-hybridized carbons (Fsp3) is 1.00. The van der Waals surface area contributed by atoms with Crippen molar-refractivity contribution in [2.75, 3.05) is 19.6 Å². The molecular formula is C17H34N2O. The summed E-state index contributed by atoms with van der Waals surface area (Å²) in [6.45, 7) is 19.2. The zero-order chi connectivity index (χ0) is 15.3. The molecule has 0 aliphatic carbocycles. The summed E-state index contributed by atoms with van der Waals surface area (Å²) in [5.74, 6) is 1.22. The van der Waals surface area contributed by atoms with Crippen molar-refractivity contribution < 1.29 is 4.74 Å². The van der Waals surface area contributed by atoms with Crippen molar-refractivity contribution >= 4 is 0 Å². The minimum atomic E-state index is -0.211. The second-order valence-electron chi connectivity index (χ2n) is 9.05. The first-order chi connectivity index (χ1) is 8.93. The summed E-state index contributed by atoms with van der Waals surface area (Å²) in [5.41, 5.74) is 6.56. The number of hydrogen-bond acceptors (Lipinski definition) is 3. The van der Waals surface area contributed by atoms with Crippen molar-refractivity contribution in [2.24, 2.45) is 23.0 Å². The fourth-order valence-corrected chi connectivity index (χ4v) is 4.06. The van der Waals surface area contributed by atoms with E-state index in [1.807, 2.05) is 0 Å². The molecule has 3 unspecified atom stereocenters. The van der Waals surface area contributed by atoms with Crippen LogP contribution in [0.4, 0.5) is 0 Å². The van der Waals surface area contributed by atoms with E-state index >= 15 is 0 Å². The van der Waals surface area contributed by atoms with E-state index in [2.05, 4.69) is 53.4 Å². The zero-order valence-corrected chi connectivity index (χ0v) is 14.5. The van der Waals surface area contributed by atoms with Crippen LogP contribution in [0, 0.1) is 17.3 Å². The summed E-state index contributed by atoms with van der Waals surface area (Å²) in [4.78, 5) is 2.60. The van der Waals surface area contributed by atoms with Gasteiger partial charge in [0, 0.05) is 25.0 Å². The van der Waals surface area contributed by atoms with Gasteiger partial charge in [-0.15, -0.1) is 0 Å². The standard InChI is InChI=1S/C17H34N2O/c1-15(2,3)12-8-9-19(10-12)11-13-14(18)17(6,7)20-16(13,4)5/h12-14H,8-11,18H2,1-7H3. The molecule has 0 saturated carbocycles. The second kappa shape index (κ2) is 4.96. The van der Waals surface area contributed by atoms with E-state index in [0.717, 1.165) is 12.5 Å². The van der Waals surface area contributed by atoms with Crippen LogP contribution in [0.3, 0.4) is 0 Å². The molecular weight excluding hydrogens is 248 g/mol. The maximum atomic E-state index is 6.48. The third-order valence-corrected chi connectivity index (χ3v) is 5.61. The maximum Gasteiger partial charge on any atom is 0.0788 e. The molecule has 2 saturated heterocycles. The average molecular weight is 282 g/mol. The van der Waals surface area contributed by atoms with Crippen LogP contribution in [-0.2, 0) is 4.74 Å². The van der Waals surface area contributed by atoms with Gasteiger partial charge in [-0.05, 0) is 52.0 Å². The highest BCUT2D eigenvalue weighted by molar-refractivity contribution is 5.05. The van der Waals surface area contributed by atoms with Crippen LogP contribution in [0.25, 0.3) is 0 Å². The molecule has 2 N–H and O–H groups in total. The Morgan fingerprint density at radius 1 is 1.15 bits per heavy atom. The Labute approximate surface area is 125 Å². The molecule has 0 radical (unpaired) electrons. The third-order valence-electron chi connectivity index (χ3n) is 5.61. The Bertz CT molecular complexity index is 356. The lowest BCUT2D eigenvalue weighted by atomic mass is 9.80. The van der Waals surface area contributed by atoms with Crippen LogP contribution in [0.5, 0.6) is 0 Å². The lowest BCUT2D eigenvalue weighted by molar-refractivity contribution is -0.0782. The van der Waals surface area contributed by atoms with Gasteiger partial charge in [0.2, 0.25) is 0 Å². The second-order valence-corrected chi connectivity index (χ2v) is 9.05. The van der Waals surface area contributed by atoms with Crippen molar-refractivity contribution in [1.82, 2.24) is 4.90 Å². The van der Waals surface area contributed by atoms with Crippen molar-refractivity contribution in [2.45, 2.75) is 72.1 Å². The highest BCUT2D eigenvalue weighted by atomic mass is 16.5. The number of rotatable bonds is 2. The number of nitrogens with two attached hydrogens (primary N) is 1. The van der Waals surface area contributed by atoms with Crippen LogP contribution >= 0.6 is 0 Å². The van der Waals surface area contributed by atoms with Gasteiger partial charge in [-0.25, -0.2) is 0 Å². The third kappa shape index (κ3) is 3.05. The molecule has 2 aliphatic heterocycles. The largest absolute Gasteiger partial charge is 0.368 e. The monoisotopic (exact) mass is 282 g/mol. The molecule has 2 aliphatic rings. The smallest absolute Gasteiger partial charge is 0.0788 e. The molecule has 3 heteroatoms. The Kier molecular flexibility index (Phi) is 4.03. The molecule has 20 heavy (non-hydrogen) atoms. The molecule has 118 valence electrons. The van der Waals surface area contributed by atoms with Gasteiger partial charge in [0.15, 0.2) is 0 Å². The first-order valence-corrected chi connectivity index (χ1v) is 8.11. The Hall–Kier alpha value is -0.120. The van der Waals surface area contributed by atoms with Crippen LogP contribution in [0.1, 0.15) is 54.9 Å². The van der Waals surface area contributed by atoms with E-state index < -0.39 is 0 Å². The van der Waals surface area contributed by atoms with Crippen LogP contribution in [0.15, 0.2) is 0 Å². The van der Waals surface area contributed by atoms with Crippen molar-refractivity contribution in [3.05, 3.63) is 0 Å². The SMILES string of the molecule is CC(C)(C)C1CCN(CC2C(N)C(C)(C)OC2(C)C)C1. The summed E-state index contributed by atoms with van der Waals surface area (Å²) in [5, 5.41) is 0. The molecule has 0 aromatic heterocycles. The zero-order valence-electron chi connectivity index (χ0n) is 14.5. The summed E-state index contributed by atoms with van der Waals surface area (Å²) >= 11 is 0. The van der Waals surface area contributed by atoms with E-state index in [4.69, 9.17) is 10.5 Å². The molecule has 0 aromatic rings. The number of likely N-dealkylation sites (tertiary alicyclic amines) is 1. The molecule has 2 fully saturated rings. The quantitative estimate of drug-likeness (QED) is 0.846. The topological polar surface area (TPSA) is 38.5 Å². The van der Waals surface area contributed by atoms with Gasteiger partial charge in [-0.2, -0.15) is 0 Å². The van der Waals surface area contributed by atoms with Gasteiger partial charge in [0.25, 0.3) is 0 Å². The first-order valence-electron chi connectivity index (χ1n) is 8.11. The molecule has 2 rings (SSSR count). The predicted octanol–water partition coefficient (Wildman–Crippen LogP) is 2.89. The number of nitrogens with zero attached hydrogens (tertiary/aromatic N) is 1. The van der Waals surface area contributed by atoms with Gasteiger partial charge in [0.1, 0.15) is 0 Å². The summed E-state index contributed by atoms with van der Waals surface area (Å²) in [6.07, 6.45) is 1.32. The fourth-order valence-electron chi connectivity index (χ4n) is 4.06. The maximum absolute atomic E-state index is 6.48. The lowest BCUT2D eigenvalue weighted by Gasteiger charge is -2.32. The lowest BCUT2D eigenvalue weighted by Crippen LogP contribution is -2.48. The highest BCUT2D eigenvalue weighted by Gasteiger charge is 2.52. The minimum Gasteiger partial charge on any atom is -0.368 e. The Morgan fingerprint density at radius 3 is 2.15 bits per heavy atom. The minimum absolute atomic E-state index is 0.117. The number of hydrogen-bond donors (Lipinski definition) is 1. The molecule has 0 spiro atoms. The molecule has 0 bridgehead atoms. The van der Waals surface area contributed by atoms with Crippen molar-refractivity contribution in [1.29, 1.82) is 0 Å². The summed E-state index contributed by atoms with van der Waals surface area (Å²) in [7, 11) is 0. The number of ether oxygens (including phenoxy) is 1. The predicted molar refractivity (Wildman–Crippen MR) is 84.7 cm³/mol. The van der Waals surface area contributed by atoms with Crippen molar-refractivity contribution in [3.8, 4) is 0 Å².